The van der Waals surface area contributed by atoms with E-state index in [1.165, 1.54) is 5.56 Å². The lowest BCUT2D eigenvalue weighted by Crippen LogP contribution is -2.19. The van der Waals surface area contributed by atoms with Crippen molar-refractivity contribution < 1.29 is 4.79 Å². The fourth-order valence-electron chi connectivity index (χ4n) is 1.83. The second kappa shape index (κ2) is 3.21. The van der Waals surface area contributed by atoms with E-state index in [1.807, 2.05) is 18.2 Å². The first-order valence-electron chi connectivity index (χ1n) is 4.99. The molecule has 0 spiro atoms. The summed E-state index contributed by atoms with van der Waals surface area (Å²) in [5.74, 6) is 0.125. The maximum absolute atomic E-state index is 11.2. The number of hydrogen-bond donors (Lipinski definition) is 1. The molecule has 2 heteroatoms. The summed E-state index contributed by atoms with van der Waals surface area (Å²) in [6.07, 6.45) is 2.32. The van der Waals surface area contributed by atoms with Crippen molar-refractivity contribution in [2.75, 3.05) is 6.54 Å². The molecule has 0 heterocycles. The van der Waals surface area contributed by atoms with Gasteiger partial charge < -0.3 is 5.73 Å². The molecule has 1 aromatic carbocycles. The van der Waals surface area contributed by atoms with Gasteiger partial charge in [-0.2, -0.15) is 0 Å². The second-order valence-corrected chi connectivity index (χ2v) is 4.12. The number of ketones is 1. The van der Waals surface area contributed by atoms with E-state index in [4.69, 9.17) is 5.73 Å². The van der Waals surface area contributed by atoms with E-state index in [9.17, 15) is 4.79 Å². The van der Waals surface area contributed by atoms with Crippen molar-refractivity contribution >= 4 is 5.78 Å². The Morgan fingerprint density at radius 2 is 2.21 bits per heavy atom. The summed E-state index contributed by atoms with van der Waals surface area (Å²) in [6, 6.07) is 7.87. The summed E-state index contributed by atoms with van der Waals surface area (Å²) in [5, 5.41) is 0. The smallest absolute Gasteiger partial charge is 0.159 e. The zero-order valence-corrected chi connectivity index (χ0v) is 8.42. The summed E-state index contributed by atoms with van der Waals surface area (Å²) in [4.78, 5) is 11.2. The third-order valence-electron chi connectivity index (χ3n) is 3.13. The van der Waals surface area contributed by atoms with E-state index in [1.54, 1.807) is 6.92 Å². The molecule has 0 aromatic heterocycles. The van der Waals surface area contributed by atoms with Gasteiger partial charge in [0, 0.05) is 17.5 Å². The van der Waals surface area contributed by atoms with Crippen LogP contribution >= 0.6 is 0 Å². The number of benzene rings is 1. The number of carbonyl (C=O) groups is 1. The third-order valence-corrected chi connectivity index (χ3v) is 3.13. The molecule has 1 fully saturated rings. The molecule has 0 saturated heterocycles. The molecule has 0 amide bonds. The fourth-order valence-corrected chi connectivity index (χ4v) is 1.83. The van der Waals surface area contributed by atoms with E-state index in [-0.39, 0.29) is 11.2 Å². The molecular weight excluding hydrogens is 174 g/mol. The summed E-state index contributed by atoms with van der Waals surface area (Å²) in [6.45, 7) is 2.29. The van der Waals surface area contributed by atoms with Crippen LogP contribution in [0.3, 0.4) is 0 Å². The van der Waals surface area contributed by atoms with Gasteiger partial charge in [0.05, 0.1) is 0 Å². The molecule has 0 radical (unpaired) electrons. The molecule has 14 heavy (non-hydrogen) atoms. The maximum atomic E-state index is 11.2. The minimum absolute atomic E-state index is 0.125. The Balaban J connectivity index is 2.36. The normalized spacial score (nSPS) is 17.9. The first kappa shape index (κ1) is 9.41. The highest BCUT2D eigenvalue weighted by atomic mass is 16.1. The summed E-state index contributed by atoms with van der Waals surface area (Å²) < 4.78 is 0. The molecule has 2 rings (SSSR count). The van der Waals surface area contributed by atoms with Crippen molar-refractivity contribution in [2.24, 2.45) is 5.73 Å². The lowest BCUT2D eigenvalue weighted by Gasteiger charge is -2.13. The van der Waals surface area contributed by atoms with Gasteiger partial charge in [0.2, 0.25) is 0 Å². The fraction of sp³-hybridized carbons (Fsp3) is 0.417. The van der Waals surface area contributed by atoms with Crippen LogP contribution in [0.4, 0.5) is 0 Å². The topological polar surface area (TPSA) is 43.1 Å². The minimum atomic E-state index is 0.125. The number of Topliss-reactive ketones (excluding diaryl/α,β-unsaturated/α-hetero) is 1. The lowest BCUT2D eigenvalue weighted by molar-refractivity contribution is 0.101. The zero-order valence-electron chi connectivity index (χ0n) is 8.42. The minimum Gasteiger partial charge on any atom is -0.330 e. The van der Waals surface area contributed by atoms with E-state index < -0.39 is 0 Å². The Bertz CT molecular complexity index is 366. The molecule has 1 aliphatic rings. The Morgan fingerprint density at radius 1 is 1.50 bits per heavy atom. The Morgan fingerprint density at radius 3 is 2.71 bits per heavy atom. The molecule has 1 aromatic rings. The lowest BCUT2D eigenvalue weighted by atomic mass is 9.94. The van der Waals surface area contributed by atoms with E-state index in [0.29, 0.717) is 6.54 Å². The summed E-state index contributed by atoms with van der Waals surface area (Å²) in [5.41, 5.74) is 7.95. The Kier molecular flexibility index (Phi) is 2.16. The Labute approximate surface area is 84.1 Å². The van der Waals surface area contributed by atoms with Crippen LogP contribution in [0.2, 0.25) is 0 Å². The second-order valence-electron chi connectivity index (χ2n) is 4.12. The summed E-state index contributed by atoms with van der Waals surface area (Å²) >= 11 is 0. The molecule has 1 saturated carbocycles. The molecule has 74 valence electrons. The van der Waals surface area contributed by atoms with E-state index >= 15 is 0 Å². The van der Waals surface area contributed by atoms with Gasteiger partial charge in [-0.25, -0.2) is 0 Å². The van der Waals surface area contributed by atoms with Gasteiger partial charge in [0.25, 0.3) is 0 Å². The SMILES string of the molecule is CC(=O)c1cccc(C2(CN)CC2)c1. The average Bonchev–Trinajstić information content (AvgIpc) is 2.98. The molecule has 0 bridgehead atoms. The largest absolute Gasteiger partial charge is 0.330 e. The van der Waals surface area contributed by atoms with Crippen LogP contribution in [0, 0.1) is 0 Å². The predicted molar refractivity (Wildman–Crippen MR) is 56.4 cm³/mol. The van der Waals surface area contributed by atoms with Crippen LogP contribution in [-0.2, 0) is 5.41 Å². The highest BCUT2D eigenvalue weighted by Gasteiger charge is 2.42. The first-order valence-corrected chi connectivity index (χ1v) is 4.99. The molecule has 0 atom stereocenters. The van der Waals surface area contributed by atoms with Crippen molar-refractivity contribution in [2.45, 2.75) is 25.2 Å². The number of nitrogens with two attached hydrogens (primary N) is 1. The van der Waals surface area contributed by atoms with Crippen LogP contribution in [-0.4, -0.2) is 12.3 Å². The highest BCUT2D eigenvalue weighted by molar-refractivity contribution is 5.94. The van der Waals surface area contributed by atoms with Gasteiger partial charge in [-0.15, -0.1) is 0 Å². The van der Waals surface area contributed by atoms with Crippen molar-refractivity contribution in [3.05, 3.63) is 35.4 Å². The zero-order chi connectivity index (χ0) is 10.2. The number of hydrogen-bond acceptors (Lipinski definition) is 2. The molecule has 0 unspecified atom stereocenters. The van der Waals surface area contributed by atoms with Crippen molar-refractivity contribution in [1.82, 2.24) is 0 Å². The van der Waals surface area contributed by atoms with Gasteiger partial charge in [0.1, 0.15) is 0 Å². The van der Waals surface area contributed by atoms with Crippen LogP contribution in [0.15, 0.2) is 24.3 Å². The third kappa shape index (κ3) is 1.46. The average molecular weight is 189 g/mol. The van der Waals surface area contributed by atoms with Crippen molar-refractivity contribution in [1.29, 1.82) is 0 Å². The monoisotopic (exact) mass is 189 g/mol. The quantitative estimate of drug-likeness (QED) is 0.738. The van der Waals surface area contributed by atoms with Gasteiger partial charge in [-0.3, -0.25) is 4.79 Å². The van der Waals surface area contributed by atoms with Crippen LogP contribution in [0.5, 0.6) is 0 Å². The van der Waals surface area contributed by atoms with E-state index in [2.05, 4.69) is 6.07 Å². The number of carbonyl (C=O) groups excluding carboxylic acids is 1. The highest BCUT2D eigenvalue weighted by Crippen LogP contribution is 2.47. The summed E-state index contributed by atoms with van der Waals surface area (Å²) in [7, 11) is 0. The molecule has 0 aliphatic heterocycles. The molecular formula is C12H15NO. The maximum Gasteiger partial charge on any atom is 0.159 e. The van der Waals surface area contributed by atoms with Crippen LogP contribution in [0.25, 0.3) is 0 Å². The molecule has 2 N–H and O–H groups in total. The molecule has 1 aliphatic carbocycles. The van der Waals surface area contributed by atoms with Crippen LogP contribution < -0.4 is 5.73 Å². The number of rotatable bonds is 3. The van der Waals surface area contributed by atoms with Gasteiger partial charge >= 0.3 is 0 Å². The van der Waals surface area contributed by atoms with E-state index in [0.717, 1.165) is 18.4 Å². The Hall–Kier alpha value is -1.15. The van der Waals surface area contributed by atoms with Crippen LogP contribution in [0.1, 0.15) is 35.7 Å². The molecule has 2 nitrogen and oxygen atoms in total. The van der Waals surface area contributed by atoms with Crippen molar-refractivity contribution in [3.8, 4) is 0 Å². The van der Waals surface area contributed by atoms with Gasteiger partial charge in [0.15, 0.2) is 5.78 Å². The first-order chi connectivity index (χ1) is 6.68. The van der Waals surface area contributed by atoms with Crippen molar-refractivity contribution in [3.63, 3.8) is 0 Å². The standard InChI is InChI=1S/C12H15NO/c1-9(14)10-3-2-4-11(7-10)12(8-13)5-6-12/h2-4,7H,5-6,8,13H2,1H3. The van der Waals surface area contributed by atoms with Gasteiger partial charge in [-0.05, 0) is 31.4 Å². The predicted octanol–water partition coefficient (Wildman–Crippen LogP) is 1.88. The van der Waals surface area contributed by atoms with Gasteiger partial charge in [-0.1, -0.05) is 18.2 Å².